The highest BCUT2D eigenvalue weighted by atomic mass is 16.5. The van der Waals surface area contributed by atoms with Crippen LogP contribution < -0.4 is 0 Å². The zero-order chi connectivity index (χ0) is 7.44. The highest BCUT2D eigenvalue weighted by molar-refractivity contribution is 4.74. The van der Waals surface area contributed by atoms with E-state index in [1.54, 1.807) is 0 Å². The molecule has 2 heteroatoms. The monoisotopic (exact) mass is 129 g/mol. The summed E-state index contributed by atoms with van der Waals surface area (Å²) in [5, 5.41) is 0. The molecule has 0 saturated heterocycles. The Balaban J connectivity index is 3.50. The Kier molecular flexibility index (Phi) is 3.32. The largest absolute Gasteiger partial charge is 0.481 e. The molecule has 0 aromatic heterocycles. The summed E-state index contributed by atoms with van der Waals surface area (Å²) < 4.78 is 5.24. The van der Waals surface area contributed by atoms with E-state index < -0.39 is 0 Å². The number of ether oxygens (including phenoxy) is 1. The zero-order valence-corrected chi connectivity index (χ0v) is 6.64. The smallest absolute Gasteiger partial charge is 0.148 e. The summed E-state index contributed by atoms with van der Waals surface area (Å²) in [4.78, 5) is 1.98. The lowest BCUT2D eigenvalue weighted by molar-refractivity contribution is 0.0234. The first-order chi connectivity index (χ1) is 4.04. The van der Waals surface area contributed by atoms with Crippen LogP contribution in [0.25, 0.3) is 0 Å². The van der Waals surface area contributed by atoms with Crippen LogP contribution in [0.5, 0.6) is 0 Å². The Morgan fingerprint density at radius 2 is 2.00 bits per heavy atom. The fourth-order valence-electron chi connectivity index (χ4n) is 0.397. The molecule has 0 N–H and O–H groups in total. The summed E-state index contributed by atoms with van der Waals surface area (Å²) >= 11 is 0. The standard InChI is InChI=1S/C7H15NO/c1-6(2)9-7(3)8(4)5/h7H,1H2,2-5H3. The van der Waals surface area contributed by atoms with Crippen LogP contribution in [0.1, 0.15) is 13.8 Å². The quantitative estimate of drug-likeness (QED) is 0.422. The molecule has 54 valence electrons. The van der Waals surface area contributed by atoms with Gasteiger partial charge in [-0.2, -0.15) is 0 Å². The van der Waals surface area contributed by atoms with Crippen LogP contribution >= 0.6 is 0 Å². The van der Waals surface area contributed by atoms with E-state index in [2.05, 4.69) is 6.58 Å². The molecular formula is C7H15NO. The van der Waals surface area contributed by atoms with Gasteiger partial charge in [0.2, 0.25) is 0 Å². The van der Waals surface area contributed by atoms with Crippen molar-refractivity contribution in [1.82, 2.24) is 4.90 Å². The number of nitrogens with zero attached hydrogens (tertiary/aromatic N) is 1. The van der Waals surface area contributed by atoms with Crippen molar-refractivity contribution in [1.29, 1.82) is 0 Å². The second-order valence-electron chi connectivity index (χ2n) is 2.38. The Hall–Kier alpha value is -0.500. The molecule has 0 fully saturated rings. The maximum atomic E-state index is 5.24. The Morgan fingerprint density at radius 1 is 1.56 bits per heavy atom. The van der Waals surface area contributed by atoms with Gasteiger partial charge in [-0.25, -0.2) is 0 Å². The highest BCUT2D eigenvalue weighted by Crippen LogP contribution is 1.99. The lowest BCUT2D eigenvalue weighted by Crippen LogP contribution is -2.26. The van der Waals surface area contributed by atoms with Crippen LogP contribution in [0.15, 0.2) is 12.3 Å². The summed E-state index contributed by atoms with van der Waals surface area (Å²) in [7, 11) is 3.93. The van der Waals surface area contributed by atoms with Crippen LogP contribution in [-0.2, 0) is 4.74 Å². The molecule has 0 aliphatic heterocycles. The van der Waals surface area contributed by atoms with Gasteiger partial charge in [0, 0.05) is 0 Å². The molecule has 0 rings (SSSR count). The van der Waals surface area contributed by atoms with Crippen LogP contribution in [-0.4, -0.2) is 25.2 Å². The van der Waals surface area contributed by atoms with Crippen LogP contribution in [0, 0.1) is 0 Å². The first-order valence-corrected chi connectivity index (χ1v) is 3.02. The minimum atomic E-state index is 0.127. The molecule has 0 saturated carbocycles. The van der Waals surface area contributed by atoms with E-state index in [9.17, 15) is 0 Å². The number of hydrogen-bond acceptors (Lipinski definition) is 2. The molecule has 1 unspecified atom stereocenters. The molecule has 2 nitrogen and oxygen atoms in total. The number of allylic oxidation sites excluding steroid dienone is 1. The Bertz CT molecular complexity index is 99.1. The molecule has 0 spiro atoms. The third-order valence-corrected chi connectivity index (χ3v) is 1.10. The molecular weight excluding hydrogens is 114 g/mol. The Labute approximate surface area is 57.1 Å². The highest BCUT2D eigenvalue weighted by Gasteiger charge is 2.02. The predicted molar refractivity (Wildman–Crippen MR) is 39.0 cm³/mol. The van der Waals surface area contributed by atoms with Crippen molar-refractivity contribution in [3.8, 4) is 0 Å². The average molecular weight is 129 g/mol. The molecule has 1 atom stereocenters. The van der Waals surface area contributed by atoms with Gasteiger partial charge >= 0.3 is 0 Å². The van der Waals surface area contributed by atoms with E-state index >= 15 is 0 Å². The lowest BCUT2D eigenvalue weighted by atomic mass is 10.5. The fourth-order valence-corrected chi connectivity index (χ4v) is 0.397. The molecule has 0 radical (unpaired) electrons. The first-order valence-electron chi connectivity index (χ1n) is 3.02. The molecule has 0 heterocycles. The van der Waals surface area contributed by atoms with Crippen LogP contribution in [0.4, 0.5) is 0 Å². The van der Waals surface area contributed by atoms with E-state index in [1.165, 1.54) is 0 Å². The van der Waals surface area contributed by atoms with Gasteiger partial charge in [-0.05, 0) is 27.9 Å². The average Bonchev–Trinajstić information content (AvgIpc) is 1.63. The lowest BCUT2D eigenvalue weighted by Gasteiger charge is -2.20. The molecule has 0 aliphatic rings. The normalized spacial score (nSPS) is 13.4. The summed E-state index contributed by atoms with van der Waals surface area (Å²) in [6.45, 7) is 7.46. The predicted octanol–water partition coefficient (Wildman–Crippen LogP) is 1.44. The van der Waals surface area contributed by atoms with E-state index in [0.29, 0.717) is 0 Å². The van der Waals surface area contributed by atoms with E-state index in [1.807, 2.05) is 32.8 Å². The van der Waals surface area contributed by atoms with Gasteiger partial charge in [0.25, 0.3) is 0 Å². The third-order valence-electron chi connectivity index (χ3n) is 1.10. The van der Waals surface area contributed by atoms with Crippen molar-refractivity contribution in [3.05, 3.63) is 12.3 Å². The molecule has 0 aliphatic carbocycles. The molecule has 0 aromatic carbocycles. The van der Waals surface area contributed by atoms with Gasteiger partial charge in [0.15, 0.2) is 0 Å². The van der Waals surface area contributed by atoms with Gasteiger partial charge in [0.05, 0.1) is 5.76 Å². The van der Waals surface area contributed by atoms with Crippen molar-refractivity contribution in [2.24, 2.45) is 0 Å². The van der Waals surface area contributed by atoms with Crippen LogP contribution in [0.3, 0.4) is 0 Å². The molecule has 0 aromatic rings. The maximum Gasteiger partial charge on any atom is 0.148 e. The molecule has 0 bridgehead atoms. The van der Waals surface area contributed by atoms with E-state index in [4.69, 9.17) is 4.74 Å². The van der Waals surface area contributed by atoms with E-state index in [-0.39, 0.29) is 6.23 Å². The van der Waals surface area contributed by atoms with Crippen molar-refractivity contribution >= 4 is 0 Å². The van der Waals surface area contributed by atoms with Gasteiger partial charge in [-0.1, -0.05) is 6.58 Å². The number of hydrogen-bond donors (Lipinski definition) is 0. The SMILES string of the molecule is C=C(C)OC(C)N(C)C. The van der Waals surface area contributed by atoms with Crippen LogP contribution in [0.2, 0.25) is 0 Å². The number of rotatable bonds is 3. The van der Waals surface area contributed by atoms with Crippen molar-refractivity contribution in [3.63, 3.8) is 0 Å². The third kappa shape index (κ3) is 4.03. The fraction of sp³-hybridized carbons (Fsp3) is 0.714. The van der Waals surface area contributed by atoms with Crippen molar-refractivity contribution < 1.29 is 4.74 Å². The summed E-state index contributed by atoms with van der Waals surface area (Å²) in [5.41, 5.74) is 0. The minimum Gasteiger partial charge on any atom is -0.481 e. The summed E-state index contributed by atoms with van der Waals surface area (Å²) in [5.74, 6) is 0.760. The topological polar surface area (TPSA) is 12.5 Å². The Morgan fingerprint density at radius 3 is 2.11 bits per heavy atom. The maximum absolute atomic E-state index is 5.24. The van der Waals surface area contributed by atoms with Crippen molar-refractivity contribution in [2.75, 3.05) is 14.1 Å². The summed E-state index contributed by atoms with van der Waals surface area (Å²) in [6, 6.07) is 0. The second kappa shape index (κ2) is 3.51. The molecule has 9 heavy (non-hydrogen) atoms. The zero-order valence-electron chi connectivity index (χ0n) is 6.64. The van der Waals surface area contributed by atoms with Gasteiger partial charge < -0.3 is 4.74 Å². The first kappa shape index (κ1) is 8.50. The second-order valence-corrected chi connectivity index (χ2v) is 2.38. The molecule has 0 amide bonds. The minimum absolute atomic E-state index is 0.127. The van der Waals surface area contributed by atoms with Gasteiger partial charge in [-0.3, -0.25) is 4.90 Å². The van der Waals surface area contributed by atoms with Gasteiger partial charge in [0.1, 0.15) is 6.23 Å². The summed E-state index contributed by atoms with van der Waals surface area (Å²) in [6.07, 6.45) is 0.127. The van der Waals surface area contributed by atoms with Crippen molar-refractivity contribution in [2.45, 2.75) is 20.1 Å². The van der Waals surface area contributed by atoms with E-state index in [0.717, 1.165) is 5.76 Å². The van der Waals surface area contributed by atoms with Gasteiger partial charge in [-0.15, -0.1) is 0 Å².